The van der Waals surface area contributed by atoms with Gasteiger partial charge in [-0.1, -0.05) is 44.2 Å². The average molecular weight is 278 g/mol. The van der Waals surface area contributed by atoms with Crippen LogP contribution in [0.3, 0.4) is 0 Å². The van der Waals surface area contributed by atoms with E-state index in [1.165, 1.54) is 5.56 Å². The zero-order valence-electron chi connectivity index (χ0n) is 13.5. The number of nitrogens with zero attached hydrogens (tertiary/aromatic N) is 2. The van der Waals surface area contributed by atoms with Crippen molar-refractivity contribution >= 4 is 0 Å². The third-order valence-electron chi connectivity index (χ3n) is 3.92. The maximum Gasteiger partial charge on any atom is 0.0537 e. The quantitative estimate of drug-likeness (QED) is 0.750. The molecule has 3 nitrogen and oxygen atoms in total. The van der Waals surface area contributed by atoms with Gasteiger partial charge in [0.15, 0.2) is 0 Å². The molecule has 0 aliphatic heterocycles. The van der Waals surface area contributed by atoms with Crippen LogP contribution in [0.2, 0.25) is 0 Å². The molecule has 1 unspecified atom stereocenters. The Bertz CT molecular complexity index is 367. The van der Waals surface area contributed by atoms with E-state index in [-0.39, 0.29) is 12.0 Å². The van der Waals surface area contributed by atoms with E-state index >= 15 is 0 Å². The Balaban J connectivity index is 2.65. The van der Waals surface area contributed by atoms with Gasteiger partial charge in [0.05, 0.1) is 6.61 Å². The van der Waals surface area contributed by atoms with Crippen molar-refractivity contribution in [2.24, 2.45) is 0 Å². The molecule has 0 radical (unpaired) electrons. The fraction of sp³-hybridized carbons (Fsp3) is 0.647. The molecule has 1 N–H and O–H groups in total. The van der Waals surface area contributed by atoms with Crippen molar-refractivity contribution in [1.82, 2.24) is 9.80 Å². The first-order valence-electron chi connectivity index (χ1n) is 7.55. The van der Waals surface area contributed by atoms with E-state index < -0.39 is 0 Å². The second kappa shape index (κ2) is 8.40. The highest BCUT2D eigenvalue weighted by molar-refractivity contribution is 5.25. The lowest BCUT2D eigenvalue weighted by atomic mass is 9.82. The molecule has 0 heterocycles. The first-order chi connectivity index (χ1) is 9.51. The fourth-order valence-electron chi connectivity index (χ4n) is 2.53. The molecule has 0 spiro atoms. The monoisotopic (exact) mass is 278 g/mol. The minimum absolute atomic E-state index is 0.182. The summed E-state index contributed by atoms with van der Waals surface area (Å²) in [5.74, 6) is 0. The molecule has 0 aromatic heterocycles. The lowest BCUT2D eigenvalue weighted by Gasteiger charge is -2.34. The van der Waals surface area contributed by atoms with Gasteiger partial charge in [0, 0.05) is 12.0 Å². The number of likely N-dealkylation sites (N-methyl/N-ethyl adjacent to an activating group) is 1. The Morgan fingerprint density at radius 1 is 1.10 bits per heavy atom. The van der Waals surface area contributed by atoms with Gasteiger partial charge in [-0.2, -0.15) is 0 Å². The number of hydrogen-bond acceptors (Lipinski definition) is 3. The molecule has 114 valence electrons. The molecular weight excluding hydrogens is 248 g/mol. The van der Waals surface area contributed by atoms with Crippen molar-refractivity contribution in [1.29, 1.82) is 0 Å². The molecular formula is C17H30N2O. The summed E-state index contributed by atoms with van der Waals surface area (Å²) >= 11 is 0. The third kappa shape index (κ3) is 5.23. The van der Waals surface area contributed by atoms with Crippen LogP contribution < -0.4 is 0 Å². The van der Waals surface area contributed by atoms with Crippen LogP contribution in [0.4, 0.5) is 0 Å². The van der Waals surface area contributed by atoms with Gasteiger partial charge in [-0.15, -0.1) is 0 Å². The lowest BCUT2D eigenvalue weighted by Crippen LogP contribution is -2.42. The van der Waals surface area contributed by atoms with Crippen LogP contribution in [-0.2, 0) is 5.41 Å². The Kier molecular flexibility index (Phi) is 7.20. The van der Waals surface area contributed by atoms with Gasteiger partial charge in [-0.05, 0) is 45.7 Å². The molecule has 0 fully saturated rings. The smallest absolute Gasteiger partial charge is 0.0537 e. The van der Waals surface area contributed by atoms with Gasteiger partial charge in [0.2, 0.25) is 0 Å². The Morgan fingerprint density at radius 2 is 1.75 bits per heavy atom. The van der Waals surface area contributed by atoms with Crippen LogP contribution in [0.1, 0.15) is 25.8 Å². The van der Waals surface area contributed by atoms with E-state index in [4.69, 9.17) is 0 Å². The van der Waals surface area contributed by atoms with Gasteiger partial charge in [-0.3, -0.25) is 0 Å². The van der Waals surface area contributed by atoms with Crippen molar-refractivity contribution in [2.45, 2.75) is 25.7 Å². The highest BCUT2D eigenvalue weighted by Crippen LogP contribution is 2.24. The van der Waals surface area contributed by atoms with E-state index in [1.54, 1.807) is 0 Å². The molecule has 1 aromatic rings. The summed E-state index contributed by atoms with van der Waals surface area (Å²) in [7, 11) is 4.22. The topological polar surface area (TPSA) is 26.7 Å². The number of aliphatic hydroxyl groups excluding tert-OH is 1. The maximum atomic E-state index is 9.86. The molecule has 0 bridgehead atoms. The molecule has 20 heavy (non-hydrogen) atoms. The average Bonchev–Trinajstić information content (AvgIpc) is 2.46. The summed E-state index contributed by atoms with van der Waals surface area (Å²) in [6, 6.07) is 10.3. The summed E-state index contributed by atoms with van der Waals surface area (Å²) < 4.78 is 0. The van der Waals surface area contributed by atoms with Crippen LogP contribution in [0.5, 0.6) is 0 Å². The highest BCUT2D eigenvalue weighted by Gasteiger charge is 2.27. The summed E-state index contributed by atoms with van der Waals surface area (Å²) in [4.78, 5) is 4.66. The summed E-state index contributed by atoms with van der Waals surface area (Å²) in [6.45, 7) is 8.64. The van der Waals surface area contributed by atoms with E-state index in [1.807, 2.05) is 18.2 Å². The van der Waals surface area contributed by atoms with Gasteiger partial charge >= 0.3 is 0 Å². The molecule has 0 aliphatic rings. The molecule has 0 saturated carbocycles. The summed E-state index contributed by atoms with van der Waals surface area (Å²) in [6.07, 6.45) is 1.16. The van der Waals surface area contributed by atoms with Crippen molar-refractivity contribution in [3.05, 3.63) is 35.9 Å². The van der Waals surface area contributed by atoms with Crippen molar-refractivity contribution in [3.8, 4) is 0 Å². The van der Waals surface area contributed by atoms with Crippen LogP contribution in [-0.4, -0.2) is 61.8 Å². The third-order valence-corrected chi connectivity index (χ3v) is 3.92. The fourth-order valence-corrected chi connectivity index (χ4v) is 2.53. The highest BCUT2D eigenvalue weighted by atomic mass is 16.3. The van der Waals surface area contributed by atoms with Crippen LogP contribution in [0.15, 0.2) is 30.3 Å². The zero-order chi connectivity index (χ0) is 15.0. The molecule has 1 atom stereocenters. The largest absolute Gasteiger partial charge is 0.395 e. The molecule has 3 heteroatoms. The lowest BCUT2D eigenvalue weighted by molar-refractivity contribution is 0.144. The molecule has 0 saturated heterocycles. The first-order valence-corrected chi connectivity index (χ1v) is 7.55. The van der Waals surface area contributed by atoms with Crippen LogP contribution in [0, 0.1) is 0 Å². The number of hydrogen-bond donors (Lipinski definition) is 1. The van der Waals surface area contributed by atoms with E-state index in [9.17, 15) is 5.11 Å². The SMILES string of the molecule is CCN(CCCN(C)C)CC(C)(CO)c1ccccc1. The van der Waals surface area contributed by atoms with E-state index in [0.29, 0.717) is 0 Å². The van der Waals surface area contributed by atoms with Gasteiger partial charge < -0.3 is 14.9 Å². The predicted molar refractivity (Wildman–Crippen MR) is 86.2 cm³/mol. The second-order valence-electron chi connectivity index (χ2n) is 6.11. The Hall–Kier alpha value is -0.900. The van der Waals surface area contributed by atoms with Crippen molar-refractivity contribution in [2.75, 3.05) is 46.9 Å². The van der Waals surface area contributed by atoms with Gasteiger partial charge in [0.25, 0.3) is 0 Å². The van der Waals surface area contributed by atoms with Crippen molar-refractivity contribution in [3.63, 3.8) is 0 Å². The van der Waals surface area contributed by atoms with E-state index in [2.05, 4.69) is 49.9 Å². The normalized spacial score (nSPS) is 14.8. The first kappa shape index (κ1) is 17.2. The predicted octanol–water partition coefficient (Wildman–Crippen LogP) is 2.21. The molecule has 0 amide bonds. The standard InChI is InChI=1S/C17H30N2O/c1-5-19(13-9-12-18(3)4)14-17(2,15-20)16-10-7-6-8-11-16/h6-8,10-11,20H,5,9,12-15H2,1-4H3. The molecule has 1 aromatic carbocycles. The minimum atomic E-state index is -0.185. The van der Waals surface area contributed by atoms with Crippen LogP contribution in [0.25, 0.3) is 0 Å². The number of benzene rings is 1. The summed E-state index contributed by atoms with van der Waals surface area (Å²) in [5.41, 5.74) is 1.03. The van der Waals surface area contributed by atoms with Gasteiger partial charge in [0.1, 0.15) is 0 Å². The van der Waals surface area contributed by atoms with Crippen LogP contribution >= 0.6 is 0 Å². The Morgan fingerprint density at radius 3 is 2.25 bits per heavy atom. The number of aliphatic hydroxyl groups is 1. The maximum absolute atomic E-state index is 9.86. The molecule has 0 aliphatic carbocycles. The summed E-state index contributed by atoms with van der Waals surface area (Å²) in [5, 5.41) is 9.86. The zero-order valence-corrected chi connectivity index (χ0v) is 13.5. The number of rotatable bonds is 9. The van der Waals surface area contributed by atoms with E-state index in [0.717, 1.165) is 32.6 Å². The van der Waals surface area contributed by atoms with Crippen molar-refractivity contribution < 1.29 is 5.11 Å². The Labute approximate surface area is 124 Å². The second-order valence-corrected chi connectivity index (χ2v) is 6.11. The molecule has 1 rings (SSSR count). The minimum Gasteiger partial charge on any atom is -0.395 e. The van der Waals surface area contributed by atoms with Gasteiger partial charge in [-0.25, -0.2) is 0 Å².